The van der Waals surface area contributed by atoms with Crippen LogP contribution in [0.2, 0.25) is 0 Å². The maximum Gasteiger partial charge on any atom is 0.227 e. The number of hydrogen-bond acceptors (Lipinski definition) is 5. The first-order valence-corrected chi connectivity index (χ1v) is 12.6. The van der Waals surface area contributed by atoms with Gasteiger partial charge in [-0.3, -0.25) is 4.79 Å². The van der Waals surface area contributed by atoms with Crippen LogP contribution in [0.25, 0.3) is 0 Å². The zero-order valence-electron chi connectivity index (χ0n) is 18.3. The third-order valence-corrected chi connectivity index (χ3v) is 7.57. The molecule has 1 aliphatic heterocycles. The van der Waals surface area contributed by atoms with Gasteiger partial charge in [0.15, 0.2) is 0 Å². The van der Waals surface area contributed by atoms with Crippen molar-refractivity contribution in [2.24, 2.45) is 5.92 Å². The predicted octanol–water partition coefficient (Wildman–Crippen LogP) is 3.14. The van der Waals surface area contributed by atoms with E-state index in [9.17, 15) is 13.2 Å². The van der Waals surface area contributed by atoms with E-state index in [0.29, 0.717) is 50.5 Å². The van der Waals surface area contributed by atoms with Gasteiger partial charge in [0.2, 0.25) is 15.9 Å². The van der Waals surface area contributed by atoms with E-state index in [2.05, 4.69) is 10.3 Å². The first-order valence-electron chi connectivity index (χ1n) is 11.0. The van der Waals surface area contributed by atoms with Crippen molar-refractivity contribution < 1.29 is 17.9 Å². The number of hydrogen-bond donors (Lipinski definition) is 1. The van der Waals surface area contributed by atoms with E-state index >= 15 is 0 Å². The number of sulfonamides is 1. The monoisotopic (exact) mass is 468 g/mol. The number of para-hydroxylation sites is 2. The average molecular weight is 469 g/mol. The molecule has 9 heteroatoms. The fourth-order valence-corrected chi connectivity index (χ4v) is 5.45. The summed E-state index contributed by atoms with van der Waals surface area (Å²) in [6.07, 6.45) is 6.28. The molecular weight excluding hydrogens is 440 g/mol. The predicted molar refractivity (Wildman–Crippen MR) is 126 cm³/mol. The van der Waals surface area contributed by atoms with Crippen molar-refractivity contribution in [3.8, 4) is 5.75 Å². The Bertz CT molecular complexity index is 1140. The van der Waals surface area contributed by atoms with Crippen LogP contribution in [0, 0.1) is 5.92 Å². The number of rotatable bonds is 9. The molecule has 0 saturated carbocycles. The van der Waals surface area contributed by atoms with Crippen LogP contribution in [0.5, 0.6) is 5.75 Å². The second kappa shape index (κ2) is 10.6. The van der Waals surface area contributed by atoms with Crippen molar-refractivity contribution in [2.45, 2.75) is 25.1 Å². The average Bonchev–Trinajstić information content (AvgIpc) is 3.34. The van der Waals surface area contributed by atoms with Crippen LogP contribution in [-0.4, -0.2) is 47.9 Å². The number of piperidine rings is 1. The third kappa shape index (κ3) is 6.21. The van der Waals surface area contributed by atoms with Crippen molar-refractivity contribution in [1.29, 1.82) is 0 Å². The Labute approximate surface area is 194 Å². The lowest BCUT2D eigenvalue weighted by Gasteiger charge is -2.30. The van der Waals surface area contributed by atoms with Gasteiger partial charge < -0.3 is 14.6 Å². The molecule has 2 heterocycles. The highest BCUT2D eigenvalue weighted by Crippen LogP contribution is 2.27. The Morgan fingerprint density at radius 1 is 1.06 bits per heavy atom. The molecule has 1 fully saturated rings. The third-order valence-electron chi connectivity index (χ3n) is 5.72. The molecule has 0 aliphatic carbocycles. The van der Waals surface area contributed by atoms with Crippen LogP contribution in [0.3, 0.4) is 0 Å². The molecule has 2 aromatic carbocycles. The van der Waals surface area contributed by atoms with E-state index in [1.165, 1.54) is 4.31 Å². The Kier molecular flexibility index (Phi) is 7.41. The summed E-state index contributed by atoms with van der Waals surface area (Å²) in [6, 6.07) is 16.5. The summed E-state index contributed by atoms with van der Waals surface area (Å²) < 4.78 is 34.8. The summed E-state index contributed by atoms with van der Waals surface area (Å²) in [5.74, 6) is 0.232. The molecule has 1 N–H and O–H groups in total. The number of nitrogens with one attached hydrogen (secondary N) is 1. The van der Waals surface area contributed by atoms with Crippen LogP contribution in [-0.2, 0) is 27.1 Å². The number of anilines is 1. The highest BCUT2D eigenvalue weighted by atomic mass is 32.2. The van der Waals surface area contributed by atoms with E-state index in [1.54, 1.807) is 12.5 Å². The lowest BCUT2D eigenvalue weighted by atomic mass is 9.97. The second-order valence-electron chi connectivity index (χ2n) is 8.05. The molecule has 3 aromatic rings. The SMILES string of the molecule is O=C(Nc1ccccc1OCCn1ccnc1)C1CCN(S(=O)(=O)Cc2ccccc2)CC1. The van der Waals surface area contributed by atoms with Gasteiger partial charge in [-0.1, -0.05) is 42.5 Å². The maximum atomic E-state index is 12.9. The van der Waals surface area contributed by atoms with E-state index in [0.717, 1.165) is 5.56 Å². The standard InChI is InChI=1S/C24H28N4O4S/c29-24(26-22-8-4-5-9-23(22)32-17-16-27-15-12-25-19-27)21-10-13-28(14-11-21)33(30,31)18-20-6-2-1-3-7-20/h1-9,12,15,19,21H,10-11,13-14,16-18H2,(H,26,29). The van der Waals surface area contributed by atoms with Gasteiger partial charge in [0.05, 0.1) is 24.3 Å². The van der Waals surface area contributed by atoms with Crippen molar-refractivity contribution in [1.82, 2.24) is 13.9 Å². The molecule has 8 nitrogen and oxygen atoms in total. The van der Waals surface area contributed by atoms with Gasteiger partial charge in [-0.2, -0.15) is 0 Å². The fourth-order valence-electron chi connectivity index (χ4n) is 3.88. The summed E-state index contributed by atoms with van der Waals surface area (Å²) in [5, 5.41) is 2.97. The van der Waals surface area contributed by atoms with Gasteiger partial charge in [0.1, 0.15) is 12.4 Å². The van der Waals surface area contributed by atoms with Crippen molar-refractivity contribution >= 4 is 21.6 Å². The lowest BCUT2D eigenvalue weighted by Crippen LogP contribution is -2.41. The van der Waals surface area contributed by atoms with E-state index in [1.807, 2.05) is 65.4 Å². The highest BCUT2D eigenvalue weighted by Gasteiger charge is 2.31. The summed E-state index contributed by atoms with van der Waals surface area (Å²) in [5.41, 5.74) is 1.38. The molecule has 1 amide bonds. The van der Waals surface area contributed by atoms with Gasteiger partial charge in [0, 0.05) is 31.4 Å². The van der Waals surface area contributed by atoms with Gasteiger partial charge in [0.25, 0.3) is 0 Å². The van der Waals surface area contributed by atoms with E-state index in [-0.39, 0.29) is 17.6 Å². The summed E-state index contributed by atoms with van der Waals surface area (Å²) in [4.78, 5) is 16.9. The topological polar surface area (TPSA) is 93.5 Å². The molecule has 4 rings (SSSR count). The molecule has 1 aromatic heterocycles. The van der Waals surface area contributed by atoms with E-state index < -0.39 is 10.0 Å². The number of amides is 1. The zero-order valence-corrected chi connectivity index (χ0v) is 19.2. The van der Waals surface area contributed by atoms with Crippen LogP contribution < -0.4 is 10.1 Å². The molecular formula is C24H28N4O4S. The zero-order chi connectivity index (χ0) is 23.1. The van der Waals surface area contributed by atoms with Gasteiger partial charge >= 0.3 is 0 Å². The minimum atomic E-state index is -3.40. The minimum Gasteiger partial charge on any atom is -0.490 e. The maximum absolute atomic E-state index is 12.9. The van der Waals surface area contributed by atoms with Crippen molar-refractivity contribution in [3.63, 3.8) is 0 Å². The molecule has 0 spiro atoms. The summed E-state index contributed by atoms with van der Waals surface area (Å²) in [7, 11) is -3.40. The molecule has 33 heavy (non-hydrogen) atoms. The Morgan fingerprint density at radius 2 is 1.79 bits per heavy atom. The number of ether oxygens (including phenoxy) is 1. The molecule has 0 radical (unpaired) electrons. The van der Waals surface area contributed by atoms with E-state index in [4.69, 9.17) is 4.74 Å². The molecule has 0 atom stereocenters. The Hall–Kier alpha value is -3.17. The number of carbonyl (C=O) groups excluding carboxylic acids is 1. The first kappa shape index (κ1) is 23.0. The second-order valence-corrected chi connectivity index (χ2v) is 10.0. The van der Waals surface area contributed by atoms with Crippen molar-refractivity contribution in [2.75, 3.05) is 25.0 Å². The summed E-state index contributed by atoms with van der Waals surface area (Å²) >= 11 is 0. The molecule has 1 saturated heterocycles. The first-order chi connectivity index (χ1) is 16.0. The number of benzene rings is 2. The quantitative estimate of drug-likeness (QED) is 0.521. The van der Waals surface area contributed by atoms with Gasteiger partial charge in [-0.25, -0.2) is 17.7 Å². The van der Waals surface area contributed by atoms with Gasteiger partial charge in [-0.15, -0.1) is 0 Å². The smallest absolute Gasteiger partial charge is 0.227 e. The normalized spacial score (nSPS) is 15.3. The number of nitrogens with zero attached hydrogens (tertiary/aromatic N) is 3. The molecule has 0 bridgehead atoms. The van der Waals surface area contributed by atoms with Gasteiger partial charge in [-0.05, 0) is 30.5 Å². The van der Waals surface area contributed by atoms with Crippen LogP contribution >= 0.6 is 0 Å². The number of carbonyl (C=O) groups is 1. The number of aromatic nitrogens is 2. The Balaban J connectivity index is 1.29. The van der Waals surface area contributed by atoms with Crippen LogP contribution in [0.1, 0.15) is 18.4 Å². The largest absolute Gasteiger partial charge is 0.490 e. The molecule has 1 aliphatic rings. The van der Waals surface area contributed by atoms with Crippen LogP contribution in [0.15, 0.2) is 73.3 Å². The highest BCUT2D eigenvalue weighted by molar-refractivity contribution is 7.88. The lowest BCUT2D eigenvalue weighted by molar-refractivity contribution is -0.120. The molecule has 174 valence electrons. The minimum absolute atomic E-state index is 0.0194. The van der Waals surface area contributed by atoms with Crippen LogP contribution in [0.4, 0.5) is 5.69 Å². The van der Waals surface area contributed by atoms with Crippen molar-refractivity contribution in [3.05, 3.63) is 78.9 Å². The fraction of sp³-hybridized carbons (Fsp3) is 0.333. The molecule has 0 unspecified atom stereocenters. The Morgan fingerprint density at radius 3 is 2.52 bits per heavy atom. The summed E-state index contributed by atoms with van der Waals surface area (Å²) in [6.45, 7) is 1.78. The number of imidazole rings is 1.